The minimum Gasteiger partial charge on any atom is -0.460 e. The second kappa shape index (κ2) is 22.7. The van der Waals surface area contributed by atoms with Crippen LogP contribution in [-0.2, 0) is 23.8 Å². The Morgan fingerprint density at radius 2 is 1.26 bits per heavy atom. The highest BCUT2D eigenvalue weighted by Crippen LogP contribution is 2.34. The Bertz CT molecular complexity index is 864. The van der Waals surface area contributed by atoms with E-state index in [0.717, 1.165) is 38.5 Å². The van der Waals surface area contributed by atoms with Crippen LogP contribution in [0.4, 0.5) is 4.79 Å². The zero-order valence-electron chi connectivity index (χ0n) is 30.2. The third kappa shape index (κ3) is 17.3. The highest BCUT2D eigenvalue weighted by molar-refractivity contribution is 5.82. The standard InChI is InChI=1S/C37H69N3O6/c1-6-7-8-9-10-11-12-13-14-15-16-17-18-19-20-23-27-39-35(43)40-30-24-21-22-25-31(30)45-32(41)26-28-38-34(42)33-36(2,3)29-44-37(4,5)46-33/h30-31,33H,6-29H2,1-5H3,(H,38,42)(H2,39,40,43). The van der Waals surface area contributed by atoms with E-state index in [1.165, 1.54) is 89.9 Å². The molecule has 9 nitrogen and oxygen atoms in total. The Kier molecular flexibility index (Phi) is 19.9. The fourth-order valence-corrected chi connectivity index (χ4v) is 6.43. The molecule has 0 bridgehead atoms. The summed E-state index contributed by atoms with van der Waals surface area (Å²) in [7, 11) is 0. The minimum atomic E-state index is -0.836. The van der Waals surface area contributed by atoms with E-state index in [4.69, 9.17) is 14.2 Å². The molecule has 0 spiro atoms. The summed E-state index contributed by atoms with van der Waals surface area (Å²) in [6, 6.07) is -0.389. The number of rotatable bonds is 23. The lowest BCUT2D eigenvalue weighted by Crippen LogP contribution is -2.56. The van der Waals surface area contributed by atoms with Gasteiger partial charge in [0.1, 0.15) is 12.2 Å². The molecule has 0 aromatic heterocycles. The van der Waals surface area contributed by atoms with E-state index < -0.39 is 17.3 Å². The number of carbonyl (C=O) groups excluding carboxylic acids is 3. The van der Waals surface area contributed by atoms with E-state index in [2.05, 4.69) is 22.9 Å². The van der Waals surface area contributed by atoms with Crippen molar-refractivity contribution in [3.63, 3.8) is 0 Å². The summed E-state index contributed by atoms with van der Waals surface area (Å²) in [5, 5.41) is 8.84. The molecule has 1 saturated carbocycles. The van der Waals surface area contributed by atoms with Gasteiger partial charge in [-0.3, -0.25) is 9.59 Å². The molecule has 2 rings (SSSR count). The first-order valence-electron chi connectivity index (χ1n) is 18.9. The monoisotopic (exact) mass is 652 g/mol. The third-order valence-corrected chi connectivity index (χ3v) is 9.39. The summed E-state index contributed by atoms with van der Waals surface area (Å²) in [5.74, 6) is -1.47. The first-order valence-corrected chi connectivity index (χ1v) is 18.9. The molecule has 0 radical (unpaired) electrons. The number of ether oxygens (including phenoxy) is 3. The van der Waals surface area contributed by atoms with Crippen LogP contribution in [0.1, 0.15) is 169 Å². The summed E-state index contributed by atoms with van der Waals surface area (Å²) < 4.78 is 17.3. The van der Waals surface area contributed by atoms with E-state index in [0.29, 0.717) is 13.2 Å². The Labute approximate surface area is 280 Å². The number of unbranched alkanes of at least 4 members (excludes halogenated alkanes) is 15. The maximum Gasteiger partial charge on any atom is 0.315 e. The molecule has 3 amide bonds. The lowest BCUT2D eigenvalue weighted by atomic mass is 9.85. The number of nitrogens with one attached hydrogen (secondary N) is 3. The topological polar surface area (TPSA) is 115 Å². The summed E-state index contributed by atoms with van der Waals surface area (Å²) in [5.41, 5.74) is -0.479. The summed E-state index contributed by atoms with van der Waals surface area (Å²) >= 11 is 0. The number of hydrogen-bond donors (Lipinski definition) is 3. The van der Waals surface area contributed by atoms with Crippen molar-refractivity contribution in [1.29, 1.82) is 0 Å². The SMILES string of the molecule is CCCCCCCCCCCCCCCCCCNC(=O)NC1CCCCC1OC(=O)CCNC(=O)C1OC(C)(C)OCC1(C)C. The average molecular weight is 652 g/mol. The van der Waals surface area contributed by atoms with Crippen molar-refractivity contribution >= 4 is 17.9 Å². The molecule has 1 aliphatic carbocycles. The maximum atomic E-state index is 12.8. The first-order chi connectivity index (χ1) is 22.0. The van der Waals surface area contributed by atoms with E-state index in [1.807, 2.05) is 13.8 Å². The van der Waals surface area contributed by atoms with Gasteiger partial charge in [-0.1, -0.05) is 124 Å². The van der Waals surface area contributed by atoms with Crippen LogP contribution in [0.3, 0.4) is 0 Å². The van der Waals surface area contributed by atoms with Gasteiger partial charge in [-0.15, -0.1) is 0 Å². The van der Waals surface area contributed by atoms with Gasteiger partial charge >= 0.3 is 12.0 Å². The molecule has 0 aromatic carbocycles. The van der Waals surface area contributed by atoms with Crippen LogP contribution in [0.5, 0.6) is 0 Å². The molecule has 268 valence electrons. The normalized spacial score (nSPS) is 22.2. The number of esters is 1. The predicted octanol–water partition coefficient (Wildman–Crippen LogP) is 8.09. The van der Waals surface area contributed by atoms with Crippen LogP contribution in [0, 0.1) is 5.41 Å². The molecule has 1 saturated heterocycles. The van der Waals surface area contributed by atoms with Crippen LogP contribution >= 0.6 is 0 Å². The van der Waals surface area contributed by atoms with Gasteiger partial charge in [0.2, 0.25) is 5.91 Å². The molecular formula is C37H69N3O6. The van der Waals surface area contributed by atoms with Crippen molar-refractivity contribution < 1.29 is 28.6 Å². The maximum absolute atomic E-state index is 12.8. The fraction of sp³-hybridized carbons (Fsp3) is 0.919. The molecular weight excluding hydrogens is 582 g/mol. The number of amides is 3. The van der Waals surface area contributed by atoms with E-state index in [-0.39, 0.29) is 43.0 Å². The highest BCUT2D eigenvalue weighted by atomic mass is 16.7. The summed E-state index contributed by atoms with van der Waals surface area (Å²) in [6.45, 7) is 10.9. The second-order valence-corrected chi connectivity index (χ2v) is 14.8. The van der Waals surface area contributed by atoms with Crippen LogP contribution < -0.4 is 16.0 Å². The Balaban J connectivity index is 1.50. The van der Waals surface area contributed by atoms with Gasteiger partial charge in [0, 0.05) is 18.5 Å². The van der Waals surface area contributed by atoms with Gasteiger partial charge < -0.3 is 30.2 Å². The Morgan fingerprint density at radius 1 is 0.717 bits per heavy atom. The van der Waals surface area contributed by atoms with E-state index in [9.17, 15) is 14.4 Å². The summed E-state index contributed by atoms with van der Waals surface area (Å²) in [4.78, 5) is 38.0. The van der Waals surface area contributed by atoms with Gasteiger partial charge in [-0.2, -0.15) is 0 Å². The number of hydrogen-bond acceptors (Lipinski definition) is 6. The average Bonchev–Trinajstić information content (AvgIpc) is 3.01. The lowest BCUT2D eigenvalue weighted by Gasteiger charge is -2.44. The van der Waals surface area contributed by atoms with Gasteiger partial charge in [0.25, 0.3) is 0 Å². The van der Waals surface area contributed by atoms with Crippen LogP contribution in [0.25, 0.3) is 0 Å². The van der Waals surface area contributed by atoms with Crippen LogP contribution in [0.2, 0.25) is 0 Å². The van der Waals surface area contributed by atoms with Gasteiger partial charge in [0.15, 0.2) is 5.79 Å². The van der Waals surface area contributed by atoms with Crippen molar-refractivity contribution in [2.45, 2.75) is 193 Å². The molecule has 3 atom stereocenters. The molecule has 3 N–H and O–H groups in total. The van der Waals surface area contributed by atoms with Crippen molar-refractivity contribution in [2.75, 3.05) is 19.7 Å². The van der Waals surface area contributed by atoms with Gasteiger partial charge in [0.05, 0.1) is 19.1 Å². The van der Waals surface area contributed by atoms with Crippen molar-refractivity contribution in [2.24, 2.45) is 5.41 Å². The molecule has 46 heavy (non-hydrogen) atoms. The van der Waals surface area contributed by atoms with Crippen LogP contribution in [0.15, 0.2) is 0 Å². The molecule has 0 aromatic rings. The van der Waals surface area contributed by atoms with Gasteiger partial charge in [-0.05, 0) is 39.5 Å². The lowest BCUT2D eigenvalue weighted by molar-refractivity contribution is -0.304. The summed E-state index contributed by atoms with van der Waals surface area (Å²) in [6.07, 6.45) is 23.7. The third-order valence-electron chi connectivity index (χ3n) is 9.39. The molecule has 2 aliphatic rings. The van der Waals surface area contributed by atoms with Crippen LogP contribution in [-0.4, -0.2) is 61.6 Å². The first kappa shape index (κ1) is 40.3. The molecule has 1 heterocycles. The van der Waals surface area contributed by atoms with Crippen molar-refractivity contribution in [1.82, 2.24) is 16.0 Å². The van der Waals surface area contributed by atoms with Crippen molar-refractivity contribution in [3.8, 4) is 0 Å². The predicted molar refractivity (Wildman–Crippen MR) is 185 cm³/mol. The molecule has 9 heteroatoms. The second-order valence-electron chi connectivity index (χ2n) is 14.8. The smallest absolute Gasteiger partial charge is 0.315 e. The zero-order valence-corrected chi connectivity index (χ0v) is 30.2. The Hall–Kier alpha value is -1.87. The quantitative estimate of drug-likeness (QED) is 0.0760. The fourth-order valence-electron chi connectivity index (χ4n) is 6.43. The van der Waals surface area contributed by atoms with Crippen molar-refractivity contribution in [3.05, 3.63) is 0 Å². The zero-order chi connectivity index (χ0) is 33.7. The Morgan fingerprint density at radius 3 is 1.85 bits per heavy atom. The van der Waals surface area contributed by atoms with Gasteiger partial charge in [-0.25, -0.2) is 4.79 Å². The molecule has 3 unspecified atom stereocenters. The molecule has 1 aliphatic heterocycles. The highest BCUT2D eigenvalue weighted by Gasteiger charge is 2.45. The number of urea groups is 1. The van der Waals surface area contributed by atoms with E-state index in [1.54, 1.807) is 13.8 Å². The number of carbonyl (C=O) groups is 3. The minimum absolute atomic E-state index is 0.0629. The molecule has 2 fully saturated rings. The van der Waals surface area contributed by atoms with E-state index >= 15 is 0 Å². The largest absolute Gasteiger partial charge is 0.460 e.